The Hall–Kier alpha value is -3.58. The van der Waals surface area contributed by atoms with E-state index in [0.717, 1.165) is 48.1 Å². The topological polar surface area (TPSA) is 82.3 Å². The summed E-state index contributed by atoms with van der Waals surface area (Å²) in [6.45, 7) is 2.10. The van der Waals surface area contributed by atoms with E-state index in [4.69, 9.17) is 0 Å². The first-order valence-corrected chi connectivity index (χ1v) is 10.6. The van der Waals surface area contributed by atoms with Crippen LogP contribution in [0, 0.1) is 5.82 Å². The second-order valence-electron chi connectivity index (χ2n) is 8.02. The quantitative estimate of drug-likeness (QED) is 0.399. The maximum Gasteiger partial charge on any atom is 0.178 e. The lowest BCUT2D eigenvalue weighted by atomic mass is 9.89. The van der Waals surface area contributed by atoms with Crippen molar-refractivity contribution < 1.29 is 4.39 Å². The number of benzene rings is 2. The highest BCUT2D eigenvalue weighted by molar-refractivity contribution is 5.96. The van der Waals surface area contributed by atoms with Crippen LogP contribution in [0.1, 0.15) is 24.3 Å². The number of H-pyrrole nitrogens is 2. The lowest BCUT2D eigenvalue weighted by Crippen LogP contribution is -2.26. The molecule has 0 saturated carbocycles. The van der Waals surface area contributed by atoms with E-state index >= 15 is 0 Å². The highest BCUT2D eigenvalue weighted by atomic mass is 19.1. The number of rotatable bonds is 3. The zero-order valence-corrected chi connectivity index (χ0v) is 16.8. The summed E-state index contributed by atoms with van der Waals surface area (Å²) in [5.74, 6) is 0.904. The molecule has 5 aromatic rings. The van der Waals surface area contributed by atoms with Crippen LogP contribution in [0.2, 0.25) is 0 Å². The molecule has 3 aromatic heterocycles. The van der Waals surface area contributed by atoms with Gasteiger partial charge >= 0.3 is 0 Å². The van der Waals surface area contributed by atoms with E-state index in [2.05, 4.69) is 48.7 Å². The molecule has 0 amide bonds. The van der Waals surface area contributed by atoms with Gasteiger partial charge in [0.05, 0.1) is 11.0 Å². The van der Waals surface area contributed by atoms with E-state index in [9.17, 15) is 4.39 Å². The summed E-state index contributed by atoms with van der Waals surface area (Å²) in [7, 11) is 0. The van der Waals surface area contributed by atoms with Crippen molar-refractivity contribution >= 4 is 22.1 Å². The molecule has 2 aromatic carbocycles. The summed E-state index contributed by atoms with van der Waals surface area (Å²) in [6, 6.07) is 15.0. The molecular weight excluding hydrogens is 391 g/mol. The highest BCUT2D eigenvalue weighted by Gasteiger charge is 2.19. The van der Waals surface area contributed by atoms with Gasteiger partial charge in [-0.2, -0.15) is 5.10 Å². The van der Waals surface area contributed by atoms with E-state index in [-0.39, 0.29) is 5.82 Å². The Morgan fingerprint density at radius 3 is 2.71 bits per heavy atom. The fourth-order valence-electron chi connectivity index (χ4n) is 4.55. The third-order valence-electron chi connectivity index (χ3n) is 6.18. The van der Waals surface area contributed by atoms with Crippen LogP contribution in [-0.4, -0.2) is 38.2 Å². The lowest BCUT2D eigenvalue weighted by Gasteiger charge is -2.23. The van der Waals surface area contributed by atoms with Gasteiger partial charge in [0.25, 0.3) is 0 Å². The molecule has 6 nitrogen and oxygen atoms in total. The van der Waals surface area contributed by atoms with Gasteiger partial charge in [-0.3, -0.25) is 5.10 Å². The number of hydrogen-bond acceptors (Lipinski definition) is 4. The predicted molar refractivity (Wildman–Crippen MR) is 119 cm³/mol. The monoisotopic (exact) mass is 412 g/mol. The first-order chi connectivity index (χ1) is 15.3. The largest absolute Gasteiger partial charge is 0.335 e. The number of imidazole rings is 1. The molecule has 4 heterocycles. The molecule has 3 N–H and O–H groups in total. The average molecular weight is 412 g/mol. The van der Waals surface area contributed by atoms with Crippen LogP contribution < -0.4 is 5.32 Å². The number of piperidine rings is 1. The Bertz CT molecular complexity index is 1400. The molecule has 154 valence electrons. The van der Waals surface area contributed by atoms with Gasteiger partial charge in [0.2, 0.25) is 0 Å². The molecule has 0 bridgehead atoms. The number of aromatic amines is 2. The SMILES string of the molecule is Fc1ccccc1-c1ccnc2nc(-c3n[nH]c4ccc(C5CCNCC5)cc34)[nH]c12. The third kappa shape index (κ3) is 3.09. The van der Waals surface area contributed by atoms with Crippen molar-refractivity contribution in [3.63, 3.8) is 0 Å². The van der Waals surface area contributed by atoms with Crippen LogP contribution in [0.15, 0.2) is 54.7 Å². The molecule has 1 aliphatic rings. The summed E-state index contributed by atoms with van der Waals surface area (Å²) in [4.78, 5) is 12.4. The smallest absolute Gasteiger partial charge is 0.178 e. The molecular formula is C24H21FN6. The Balaban J connectivity index is 1.48. The first kappa shape index (κ1) is 18.2. The van der Waals surface area contributed by atoms with Crippen LogP contribution in [0.5, 0.6) is 0 Å². The number of halogens is 1. The number of nitrogens with zero attached hydrogens (tertiary/aromatic N) is 3. The van der Waals surface area contributed by atoms with Crippen LogP contribution in [0.3, 0.4) is 0 Å². The van der Waals surface area contributed by atoms with E-state index in [0.29, 0.717) is 28.5 Å². The molecule has 1 saturated heterocycles. The summed E-state index contributed by atoms with van der Waals surface area (Å²) in [5, 5.41) is 12.1. The Labute approximate surface area is 177 Å². The zero-order valence-electron chi connectivity index (χ0n) is 16.8. The fraction of sp³-hybridized carbons (Fsp3) is 0.208. The minimum Gasteiger partial charge on any atom is -0.335 e. The van der Waals surface area contributed by atoms with Crippen molar-refractivity contribution in [1.82, 2.24) is 30.5 Å². The molecule has 0 spiro atoms. The predicted octanol–water partition coefficient (Wildman–Crippen LogP) is 4.77. The number of nitrogens with one attached hydrogen (secondary N) is 3. The molecule has 6 rings (SSSR count). The van der Waals surface area contributed by atoms with Crippen LogP contribution in [0.4, 0.5) is 4.39 Å². The van der Waals surface area contributed by atoms with Gasteiger partial charge in [0.15, 0.2) is 11.5 Å². The van der Waals surface area contributed by atoms with Gasteiger partial charge in [-0.05, 0) is 61.7 Å². The number of aromatic nitrogens is 5. The second kappa shape index (κ2) is 7.28. The third-order valence-corrected chi connectivity index (χ3v) is 6.18. The standard InChI is InChI=1S/C24H21FN6/c25-19-4-2-1-3-16(19)17-9-12-27-23-21(17)28-24(29-23)22-18-13-15(5-6-20(18)30-31-22)14-7-10-26-11-8-14/h1-6,9,12-14,26H,7-8,10-11H2,(H,30,31)(H,27,28,29). The Morgan fingerprint density at radius 2 is 1.84 bits per heavy atom. The van der Waals surface area contributed by atoms with Gasteiger partial charge in [0, 0.05) is 22.7 Å². The number of hydrogen-bond donors (Lipinski definition) is 3. The van der Waals surface area contributed by atoms with Crippen molar-refractivity contribution in [2.75, 3.05) is 13.1 Å². The van der Waals surface area contributed by atoms with Crippen LogP contribution >= 0.6 is 0 Å². The van der Waals surface area contributed by atoms with Crippen molar-refractivity contribution in [3.8, 4) is 22.6 Å². The second-order valence-corrected chi connectivity index (χ2v) is 8.02. The van der Waals surface area contributed by atoms with Crippen molar-refractivity contribution in [3.05, 3.63) is 66.1 Å². The highest BCUT2D eigenvalue weighted by Crippen LogP contribution is 2.33. The summed E-state index contributed by atoms with van der Waals surface area (Å²) in [5.41, 5.74) is 5.55. The maximum atomic E-state index is 14.4. The zero-order chi connectivity index (χ0) is 20.8. The van der Waals surface area contributed by atoms with Crippen molar-refractivity contribution in [2.24, 2.45) is 0 Å². The molecule has 0 aliphatic carbocycles. The van der Waals surface area contributed by atoms with E-state index in [1.54, 1.807) is 24.4 Å². The fourth-order valence-corrected chi connectivity index (χ4v) is 4.55. The minimum absolute atomic E-state index is 0.275. The normalized spacial score (nSPS) is 15.1. The van der Waals surface area contributed by atoms with Crippen LogP contribution in [0.25, 0.3) is 44.7 Å². The van der Waals surface area contributed by atoms with Gasteiger partial charge in [-0.25, -0.2) is 14.4 Å². The molecule has 31 heavy (non-hydrogen) atoms. The van der Waals surface area contributed by atoms with Crippen molar-refractivity contribution in [2.45, 2.75) is 18.8 Å². The van der Waals surface area contributed by atoms with E-state index in [1.165, 1.54) is 11.6 Å². The number of fused-ring (bicyclic) bond motifs is 2. The Morgan fingerprint density at radius 1 is 0.968 bits per heavy atom. The maximum absolute atomic E-state index is 14.4. The van der Waals surface area contributed by atoms with E-state index in [1.807, 2.05) is 6.07 Å². The average Bonchev–Trinajstić information content (AvgIpc) is 3.43. The molecule has 1 aliphatic heterocycles. The van der Waals surface area contributed by atoms with Crippen molar-refractivity contribution in [1.29, 1.82) is 0 Å². The van der Waals surface area contributed by atoms with Gasteiger partial charge in [-0.15, -0.1) is 0 Å². The minimum atomic E-state index is -0.275. The molecule has 1 fully saturated rings. The molecule has 0 unspecified atom stereocenters. The first-order valence-electron chi connectivity index (χ1n) is 10.6. The summed E-state index contributed by atoms with van der Waals surface area (Å²) in [6.07, 6.45) is 3.94. The number of pyridine rings is 1. The van der Waals surface area contributed by atoms with Gasteiger partial charge in [0.1, 0.15) is 11.5 Å². The van der Waals surface area contributed by atoms with Gasteiger partial charge in [-0.1, -0.05) is 24.3 Å². The summed E-state index contributed by atoms with van der Waals surface area (Å²) < 4.78 is 14.4. The molecule has 0 atom stereocenters. The van der Waals surface area contributed by atoms with Crippen LogP contribution in [-0.2, 0) is 0 Å². The summed E-state index contributed by atoms with van der Waals surface area (Å²) >= 11 is 0. The molecule has 0 radical (unpaired) electrons. The molecule has 7 heteroatoms. The van der Waals surface area contributed by atoms with Gasteiger partial charge < -0.3 is 10.3 Å². The Kier molecular flexibility index (Phi) is 4.28. The lowest BCUT2D eigenvalue weighted by molar-refractivity contribution is 0.460. The van der Waals surface area contributed by atoms with E-state index < -0.39 is 0 Å².